The highest BCUT2D eigenvalue weighted by molar-refractivity contribution is 5.93. The van der Waals surface area contributed by atoms with Crippen LogP contribution in [-0.2, 0) is 4.79 Å². The minimum Gasteiger partial charge on any atom is -0.295 e. The van der Waals surface area contributed by atoms with E-state index in [-0.39, 0.29) is 5.78 Å². The summed E-state index contributed by atoms with van der Waals surface area (Å²) in [7, 11) is 0. The molecule has 0 saturated carbocycles. The zero-order valence-corrected chi connectivity index (χ0v) is 7.79. The number of ketones is 1. The first kappa shape index (κ1) is 10.8. The second-order valence-corrected chi connectivity index (χ2v) is 2.41. The molecule has 0 aliphatic carbocycles. The van der Waals surface area contributed by atoms with E-state index < -0.39 is 0 Å². The molecule has 0 N–H and O–H groups in total. The first-order valence-corrected chi connectivity index (χ1v) is 3.82. The maximum atomic E-state index is 10.9. The molecular formula is C9H14N2O. The van der Waals surface area contributed by atoms with E-state index in [2.05, 4.69) is 16.7 Å². The van der Waals surface area contributed by atoms with E-state index >= 15 is 0 Å². The van der Waals surface area contributed by atoms with E-state index in [9.17, 15) is 4.79 Å². The number of carbonyl (C=O) groups excluding carboxylic acids is 1. The SMILES string of the molecule is C=NC=N/C(CC)=C(\C)C(C)=O. The van der Waals surface area contributed by atoms with Crippen LogP contribution in [0.2, 0.25) is 0 Å². The fraction of sp³-hybridized carbons (Fsp3) is 0.444. The van der Waals surface area contributed by atoms with Crippen molar-refractivity contribution in [2.75, 3.05) is 0 Å². The van der Waals surface area contributed by atoms with E-state index in [0.29, 0.717) is 5.57 Å². The van der Waals surface area contributed by atoms with E-state index in [1.165, 1.54) is 13.3 Å². The lowest BCUT2D eigenvalue weighted by atomic mass is 10.1. The summed E-state index contributed by atoms with van der Waals surface area (Å²) in [5, 5.41) is 0. The molecule has 3 heteroatoms. The molecule has 0 unspecified atom stereocenters. The number of carbonyl (C=O) groups is 1. The number of Topliss-reactive ketones (excluding diaryl/α,β-unsaturated/α-hetero) is 1. The van der Waals surface area contributed by atoms with E-state index in [1.54, 1.807) is 6.92 Å². The number of nitrogens with zero attached hydrogens (tertiary/aromatic N) is 2. The molecule has 0 rings (SSSR count). The highest BCUT2D eigenvalue weighted by atomic mass is 16.1. The van der Waals surface area contributed by atoms with Crippen molar-refractivity contribution in [1.29, 1.82) is 0 Å². The summed E-state index contributed by atoms with van der Waals surface area (Å²) in [5.74, 6) is 0.0491. The quantitative estimate of drug-likeness (QED) is 0.357. The van der Waals surface area contributed by atoms with Crippen LogP contribution in [-0.4, -0.2) is 18.8 Å². The van der Waals surface area contributed by atoms with Crippen LogP contribution in [0.5, 0.6) is 0 Å². The molecule has 3 nitrogen and oxygen atoms in total. The molecule has 66 valence electrons. The van der Waals surface area contributed by atoms with Gasteiger partial charge >= 0.3 is 0 Å². The Morgan fingerprint density at radius 3 is 2.42 bits per heavy atom. The predicted octanol–water partition coefficient (Wildman–Crippen LogP) is 1.99. The lowest BCUT2D eigenvalue weighted by Crippen LogP contribution is -1.95. The third kappa shape index (κ3) is 3.23. The van der Waals surface area contributed by atoms with Gasteiger partial charge in [0.1, 0.15) is 6.34 Å². The number of rotatable bonds is 4. The molecule has 0 aliphatic rings. The van der Waals surface area contributed by atoms with Crippen molar-refractivity contribution in [1.82, 2.24) is 0 Å². The molecule has 0 amide bonds. The van der Waals surface area contributed by atoms with E-state index in [0.717, 1.165) is 12.1 Å². The predicted molar refractivity (Wildman–Crippen MR) is 51.7 cm³/mol. The van der Waals surface area contributed by atoms with Gasteiger partial charge in [0.25, 0.3) is 0 Å². The fourth-order valence-corrected chi connectivity index (χ4v) is 0.767. The van der Waals surface area contributed by atoms with Gasteiger partial charge < -0.3 is 0 Å². The summed E-state index contributed by atoms with van der Waals surface area (Å²) in [6, 6.07) is 0. The van der Waals surface area contributed by atoms with Crippen molar-refractivity contribution >= 4 is 18.8 Å². The molecule has 0 aromatic carbocycles. The molecule has 0 radical (unpaired) electrons. The van der Waals surface area contributed by atoms with Crippen LogP contribution >= 0.6 is 0 Å². The Hall–Kier alpha value is -1.25. The standard InChI is InChI=1S/C9H14N2O/c1-5-9(11-6-10-4)7(2)8(3)12/h6H,4-5H2,1-3H3/b9-7+,11-6?. The molecule has 0 aliphatic heterocycles. The Balaban J connectivity index is 4.72. The van der Waals surface area contributed by atoms with Gasteiger partial charge in [-0.2, -0.15) is 0 Å². The third-order valence-electron chi connectivity index (χ3n) is 1.59. The highest BCUT2D eigenvalue weighted by Crippen LogP contribution is 2.09. The van der Waals surface area contributed by atoms with Crippen molar-refractivity contribution in [2.24, 2.45) is 9.98 Å². The van der Waals surface area contributed by atoms with Crippen LogP contribution in [0.4, 0.5) is 0 Å². The van der Waals surface area contributed by atoms with Gasteiger partial charge in [-0.05, 0) is 27.0 Å². The van der Waals surface area contributed by atoms with Crippen molar-refractivity contribution in [3.05, 3.63) is 11.3 Å². The molecule has 0 saturated heterocycles. The Labute approximate surface area is 72.9 Å². The molecule has 0 fully saturated rings. The normalized spacial score (nSPS) is 12.9. The number of aliphatic imine (C=N–C) groups is 2. The number of hydrogen-bond donors (Lipinski definition) is 0. The number of allylic oxidation sites excluding steroid dienone is 2. The van der Waals surface area contributed by atoms with Crippen LogP contribution in [0, 0.1) is 0 Å². The number of hydrogen-bond acceptors (Lipinski definition) is 2. The van der Waals surface area contributed by atoms with E-state index in [1.807, 2.05) is 6.92 Å². The Kier molecular flexibility index (Phi) is 4.84. The molecule has 0 aromatic heterocycles. The van der Waals surface area contributed by atoms with Crippen molar-refractivity contribution in [3.8, 4) is 0 Å². The van der Waals surface area contributed by atoms with Crippen molar-refractivity contribution in [2.45, 2.75) is 27.2 Å². The second-order valence-electron chi connectivity index (χ2n) is 2.41. The zero-order valence-electron chi connectivity index (χ0n) is 7.79. The minimum absolute atomic E-state index is 0.0491. The van der Waals surface area contributed by atoms with Crippen LogP contribution in [0.1, 0.15) is 27.2 Å². The van der Waals surface area contributed by atoms with Gasteiger partial charge in [-0.25, -0.2) is 4.99 Å². The summed E-state index contributed by atoms with van der Waals surface area (Å²) in [6.45, 7) is 8.51. The third-order valence-corrected chi connectivity index (χ3v) is 1.59. The van der Waals surface area contributed by atoms with Crippen LogP contribution in [0.3, 0.4) is 0 Å². The lowest BCUT2D eigenvalue weighted by Gasteiger charge is -2.00. The van der Waals surface area contributed by atoms with Gasteiger partial charge in [0.05, 0.1) is 0 Å². The van der Waals surface area contributed by atoms with Crippen molar-refractivity contribution in [3.63, 3.8) is 0 Å². The van der Waals surface area contributed by atoms with Gasteiger partial charge in [0.15, 0.2) is 5.78 Å². The van der Waals surface area contributed by atoms with Gasteiger partial charge in [-0.3, -0.25) is 9.79 Å². The van der Waals surface area contributed by atoms with Gasteiger partial charge in [-0.15, -0.1) is 0 Å². The average molecular weight is 166 g/mol. The van der Waals surface area contributed by atoms with Crippen LogP contribution in [0.15, 0.2) is 21.3 Å². The monoisotopic (exact) mass is 166 g/mol. The molecule has 12 heavy (non-hydrogen) atoms. The van der Waals surface area contributed by atoms with Gasteiger partial charge in [0, 0.05) is 11.3 Å². The smallest absolute Gasteiger partial charge is 0.157 e. The molecule has 0 heterocycles. The Morgan fingerprint density at radius 2 is 2.08 bits per heavy atom. The molecule has 0 bridgehead atoms. The fourth-order valence-electron chi connectivity index (χ4n) is 0.767. The molecular weight excluding hydrogens is 152 g/mol. The summed E-state index contributed by atoms with van der Waals surface area (Å²) in [6.07, 6.45) is 2.09. The largest absolute Gasteiger partial charge is 0.295 e. The van der Waals surface area contributed by atoms with Crippen LogP contribution in [0.25, 0.3) is 0 Å². The summed E-state index contributed by atoms with van der Waals surface area (Å²) in [5.41, 5.74) is 1.47. The molecule has 0 aromatic rings. The van der Waals surface area contributed by atoms with Gasteiger partial charge in [-0.1, -0.05) is 6.92 Å². The summed E-state index contributed by atoms with van der Waals surface area (Å²) in [4.78, 5) is 18.4. The maximum Gasteiger partial charge on any atom is 0.157 e. The Bertz CT molecular complexity index is 239. The lowest BCUT2D eigenvalue weighted by molar-refractivity contribution is -0.113. The first-order chi connectivity index (χ1) is 5.63. The summed E-state index contributed by atoms with van der Waals surface area (Å²) >= 11 is 0. The highest BCUT2D eigenvalue weighted by Gasteiger charge is 2.02. The van der Waals surface area contributed by atoms with Crippen molar-refractivity contribution < 1.29 is 4.79 Å². The van der Waals surface area contributed by atoms with Crippen LogP contribution < -0.4 is 0 Å². The maximum absolute atomic E-state index is 10.9. The Morgan fingerprint density at radius 1 is 1.50 bits per heavy atom. The molecule has 0 spiro atoms. The topological polar surface area (TPSA) is 41.8 Å². The summed E-state index contributed by atoms with van der Waals surface area (Å²) < 4.78 is 0. The zero-order chi connectivity index (χ0) is 9.56. The average Bonchev–Trinajstić information content (AvgIpc) is 2.05. The first-order valence-electron chi connectivity index (χ1n) is 3.82. The second kappa shape index (κ2) is 5.41. The minimum atomic E-state index is 0.0491. The molecule has 0 atom stereocenters. The van der Waals surface area contributed by atoms with E-state index in [4.69, 9.17) is 0 Å². The van der Waals surface area contributed by atoms with Gasteiger partial charge in [0.2, 0.25) is 0 Å².